The fourth-order valence-electron chi connectivity index (χ4n) is 1.88. The van der Waals surface area contributed by atoms with Gasteiger partial charge in [-0.05, 0) is 38.2 Å². The molecule has 0 heterocycles. The van der Waals surface area contributed by atoms with Gasteiger partial charge in [0.15, 0.2) is 0 Å². The Morgan fingerprint density at radius 2 is 1.74 bits per heavy atom. The molecule has 1 atom stereocenters. The molecule has 1 amide bonds. The summed E-state index contributed by atoms with van der Waals surface area (Å²) >= 11 is 0. The summed E-state index contributed by atoms with van der Waals surface area (Å²) in [5.41, 5.74) is 12.9. The van der Waals surface area contributed by atoms with Crippen molar-refractivity contribution in [3.8, 4) is 0 Å². The fourth-order valence-corrected chi connectivity index (χ4v) is 1.88. The van der Waals surface area contributed by atoms with Gasteiger partial charge in [-0.1, -0.05) is 13.8 Å². The van der Waals surface area contributed by atoms with Crippen LogP contribution in [-0.4, -0.2) is 37.5 Å². The van der Waals surface area contributed by atoms with Crippen LogP contribution in [0.15, 0.2) is 18.2 Å². The van der Waals surface area contributed by atoms with Crippen LogP contribution in [0.4, 0.5) is 11.4 Å². The number of amides is 1. The van der Waals surface area contributed by atoms with Crippen molar-refractivity contribution in [2.24, 2.45) is 5.92 Å². The molecule has 0 fully saturated rings. The highest BCUT2D eigenvalue weighted by Gasteiger charge is 2.18. The second kappa shape index (κ2) is 6.43. The Morgan fingerprint density at radius 3 is 2.16 bits per heavy atom. The normalized spacial score (nSPS) is 12.7. The summed E-state index contributed by atoms with van der Waals surface area (Å²) in [4.78, 5) is 14.3. The summed E-state index contributed by atoms with van der Waals surface area (Å²) in [5, 5.41) is 3.03. The van der Waals surface area contributed by atoms with Gasteiger partial charge in [0.05, 0.1) is 0 Å². The van der Waals surface area contributed by atoms with E-state index in [1.807, 2.05) is 14.1 Å². The fraction of sp³-hybridized carbons (Fsp3) is 0.500. The maximum absolute atomic E-state index is 12.2. The van der Waals surface area contributed by atoms with Gasteiger partial charge in [0.2, 0.25) is 0 Å². The summed E-state index contributed by atoms with van der Waals surface area (Å²) in [7, 11) is 3.97. The molecule has 0 saturated heterocycles. The Kier molecular flexibility index (Phi) is 5.18. The lowest BCUT2D eigenvalue weighted by Gasteiger charge is -2.25. The van der Waals surface area contributed by atoms with Gasteiger partial charge in [0.1, 0.15) is 0 Å². The Labute approximate surface area is 115 Å². The molecule has 0 saturated carbocycles. The molecule has 5 N–H and O–H groups in total. The molecule has 0 radical (unpaired) electrons. The van der Waals surface area contributed by atoms with Crippen molar-refractivity contribution in [2.75, 3.05) is 32.1 Å². The zero-order chi connectivity index (χ0) is 14.6. The van der Waals surface area contributed by atoms with Crippen molar-refractivity contribution in [1.82, 2.24) is 10.2 Å². The van der Waals surface area contributed by atoms with Crippen LogP contribution < -0.4 is 16.8 Å². The highest BCUT2D eigenvalue weighted by molar-refractivity contribution is 5.96. The molecule has 0 aliphatic rings. The third kappa shape index (κ3) is 4.79. The number of nitrogen functional groups attached to an aromatic ring is 2. The van der Waals surface area contributed by atoms with Crippen molar-refractivity contribution in [1.29, 1.82) is 0 Å². The lowest BCUT2D eigenvalue weighted by molar-refractivity contribution is 0.0916. The molecule has 0 aromatic heterocycles. The molecule has 0 aliphatic carbocycles. The van der Waals surface area contributed by atoms with E-state index in [-0.39, 0.29) is 11.9 Å². The van der Waals surface area contributed by atoms with E-state index < -0.39 is 0 Å². The summed E-state index contributed by atoms with van der Waals surface area (Å²) in [5.74, 6) is 0.212. The van der Waals surface area contributed by atoms with Gasteiger partial charge in [0, 0.05) is 29.5 Å². The number of likely N-dealkylation sites (N-methyl/N-ethyl adjacent to an activating group) is 1. The molecule has 0 aliphatic heterocycles. The van der Waals surface area contributed by atoms with Gasteiger partial charge < -0.3 is 21.7 Å². The van der Waals surface area contributed by atoms with E-state index in [2.05, 4.69) is 24.1 Å². The number of nitrogens with zero attached hydrogens (tertiary/aromatic N) is 1. The predicted octanol–water partition coefficient (Wildman–Crippen LogP) is 1.17. The van der Waals surface area contributed by atoms with E-state index in [1.54, 1.807) is 18.2 Å². The molecular weight excluding hydrogens is 240 g/mol. The number of carbonyl (C=O) groups excluding carboxylic acids is 1. The Hall–Kier alpha value is -1.75. The van der Waals surface area contributed by atoms with Crippen LogP contribution >= 0.6 is 0 Å². The molecule has 1 rings (SSSR count). The van der Waals surface area contributed by atoms with Crippen LogP contribution in [0.2, 0.25) is 0 Å². The molecule has 0 bridgehead atoms. The SMILES string of the molecule is CC(C)C(CN(C)C)NC(=O)c1cc(N)cc(N)c1. The number of benzene rings is 1. The average molecular weight is 264 g/mol. The largest absolute Gasteiger partial charge is 0.399 e. The van der Waals surface area contributed by atoms with Crippen molar-refractivity contribution >= 4 is 17.3 Å². The Morgan fingerprint density at radius 1 is 1.21 bits per heavy atom. The molecule has 0 spiro atoms. The van der Waals surface area contributed by atoms with Crippen molar-refractivity contribution in [2.45, 2.75) is 19.9 Å². The second-order valence-electron chi connectivity index (χ2n) is 5.47. The molecule has 106 valence electrons. The van der Waals surface area contributed by atoms with E-state index in [0.29, 0.717) is 22.9 Å². The summed E-state index contributed by atoms with van der Waals surface area (Å²) in [6.45, 7) is 4.96. The number of carbonyl (C=O) groups is 1. The highest BCUT2D eigenvalue weighted by Crippen LogP contribution is 2.14. The van der Waals surface area contributed by atoms with E-state index >= 15 is 0 Å². The summed E-state index contributed by atoms with van der Waals surface area (Å²) in [6, 6.07) is 5.00. The lowest BCUT2D eigenvalue weighted by Crippen LogP contribution is -2.45. The van der Waals surface area contributed by atoms with Gasteiger partial charge >= 0.3 is 0 Å². The Bertz CT molecular complexity index is 423. The average Bonchev–Trinajstić information content (AvgIpc) is 2.25. The van der Waals surface area contributed by atoms with E-state index in [9.17, 15) is 4.79 Å². The monoisotopic (exact) mass is 264 g/mol. The molecule has 1 unspecified atom stereocenters. The number of anilines is 2. The molecule has 19 heavy (non-hydrogen) atoms. The smallest absolute Gasteiger partial charge is 0.251 e. The van der Waals surface area contributed by atoms with Crippen molar-refractivity contribution in [3.05, 3.63) is 23.8 Å². The van der Waals surface area contributed by atoms with Crippen LogP contribution in [0, 0.1) is 5.92 Å². The third-order valence-corrected chi connectivity index (χ3v) is 2.92. The van der Waals surface area contributed by atoms with E-state index in [0.717, 1.165) is 6.54 Å². The number of rotatable bonds is 5. The molecule has 5 heteroatoms. The zero-order valence-electron chi connectivity index (χ0n) is 12.1. The van der Waals surface area contributed by atoms with E-state index in [1.165, 1.54) is 0 Å². The minimum Gasteiger partial charge on any atom is -0.399 e. The number of hydrogen-bond acceptors (Lipinski definition) is 4. The Balaban J connectivity index is 2.81. The van der Waals surface area contributed by atoms with Crippen molar-refractivity contribution in [3.63, 3.8) is 0 Å². The zero-order valence-corrected chi connectivity index (χ0v) is 12.1. The van der Waals surface area contributed by atoms with Gasteiger partial charge in [-0.2, -0.15) is 0 Å². The van der Waals surface area contributed by atoms with E-state index in [4.69, 9.17) is 11.5 Å². The highest BCUT2D eigenvalue weighted by atomic mass is 16.1. The van der Waals surface area contributed by atoms with Crippen LogP contribution in [0.5, 0.6) is 0 Å². The molecule has 5 nitrogen and oxygen atoms in total. The number of hydrogen-bond donors (Lipinski definition) is 3. The first kappa shape index (κ1) is 15.3. The maximum atomic E-state index is 12.2. The standard InChI is InChI=1S/C14H24N4O/c1-9(2)13(8-18(3)4)17-14(19)10-5-11(15)7-12(16)6-10/h5-7,9,13H,8,15-16H2,1-4H3,(H,17,19). The van der Waals surface area contributed by atoms with Gasteiger partial charge in [-0.15, -0.1) is 0 Å². The first-order valence-electron chi connectivity index (χ1n) is 6.41. The van der Waals surface area contributed by atoms with Crippen LogP contribution in [0.25, 0.3) is 0 Å². The second-order valence-corrected chi connectivity index (χ2v) is 5.47. The first-order valence-corrected chi connectivity index (χ1v) is 6.41. The lowest BCUT2D eigenvalue weighted by atomic mass is 10.0. The topological polar surface area (TPSA) is 84.4 Å². The van der Waals surface area contributed by atoms with Crippen molar-refractivity contribution < 1.29 is 4.79 Å². The minimum atomic E-state index is -0.139. The molecule has 1 aromatic rings. The van der Waals surface area contributed by atoms with Crippen LogP contribution in [0.3, 0.4) is 0 Å². The van der Waals surface area contributed by atoms with Gasteiger partial charge in [-0.25, -0.2) is 0 Å². The minimum absolute atomic E-state index is 0.0881. The molecular formula is C14H24N4O. The molecule has 1 aromatic carbocycles. The van der Waals surface area contributed by atoms with Gasteiger partial charge in [-0.3, -0.25) is 4.79 Å². The summed E-state index contributed by atoms with van der Waals surface area (Å²) < 4.78 is 0. The van der Waals surface area contributed by atoms with Crippen LogP contribution in [-0.2, 0) is 0 Å². The maximum Gasteiger partial charge on any atom is 0.251 e. The van der Waals surface area contributed by atoms with Gasteiger partial charge in [0.25, 0.3) is 5.91 Å². The predicted molar refractivity (Wildman–Crippen MR) is 79.9 cm³/mol. The third-order valence-electron chi connectivity index (χ3n) is 2.92. The number of nitrogens with two attached hydrogens (primary N) is 2. The quantitative estimate of drug-likeness (QED) is 0.697. The number of nitrogens with one attached hydrogen (secondary N) is 1. The first-order chi connectivity index (χ1) is 8.79. The van der Waals surface area contributed by atoms with Crippen LogP contribution in [0.1, 0.15) is 24.2 Å². The summed E-state index contributed by atoms with van der Waals surface area (Å²) in [6.07, 6.45) is 0.